The molecule has 2 bridgehead atoms. The summed E-state index contributed by atoms with van der Waals surface area (Å²) < 4.78 is 0. The zero-order valence-electron chi connectivity index (χ0n) is 32.9. The predicted molar refractivity (Wildman–Crippen MR) is 236 cm³/mol. The molecule has 5 aliphatic carbocycles. The Morgan fingerprint density at radius 1 is 0.421 bits per heavy atom. The maximum atomic E-state index is 2.51. The first kappa shape index (κ1) is 33.3. The molecule has 0 saturated heterocycles. The molecule has 278 valence electrons. The van der Waals surface area contributed by atoms with Gasteiger partial charge >= 0.3 is 0 Å². The van der Waals surface area contributed by atoms with Gasteiger partial charge in [0.05, 0.1) is 0 Å². The lowest BCUT2D eigenvalue weighted by Gasteiger charge is -2.75. The van der Waals surface area contributed by atoms with E-state index in [1.165, 1.54) is 88.2 Å². The van der Waals surface area contributed by atoms with Crippen molar-refractivity contribution in [3.8, 4) is 22.3 Å². The highest BCUT2D eigenvalue weighted by atomic mass is 15.1. The lowest BCUT2D eigenvalue weighted by Crippen LogP contribution is -2.70. The van der Waals surface area contributed by atoms with Gasteiger partial charge in [-0.2, -0.15) is 0 Å². The van der Waals surface area contributed by atoms with Crippen molar-refractivity contribution in [1.29, 1.82) is 0 Å². The van der Waals surface area contributed by atoms with Gasteiger partial charge in [0.2, 0.25) is 0 Å². The van der Waals surface area contributed by atoms with Crippen molar-refractivity contribution in [3.63, 3.8) is 0 Å². The van der Waals surface area contributed by atoms with Crippen molar-refractivity contribution in [2.75, 3.05) is 9.80 Å². The van der Waals surface area contributed by atoms with E-state index in [1.54, 1.807) is 5.56 Å². The van der Waals surface area contributed by atoms with E-state index >= 15 is 0 Å². The highest BCUT2D eigenvalue weighted by Crippen LogP contribution is 2.86. The third kappa shape index (κ3) is 4.65. The summed E-state index contributed by atoms with van der Waals surface area (Å²) in [4.78, 5) is 4.86. The van der Waals surface area contributed by atoms with Crippen LogP contribution in [0.1, 0.15) is 62.6 Å². The van der Waals surface area contributed by atoms with Gasteiger partial charge in [0.15, 0.2) is 0 Å². The predicted octanol–water partition coefficient (Wildman–Crippen LogP) is 14.7. The zero-order valence-corrected chi connectivity index (χ0v) is 32.9. The molecule has 7 aromatic carbocycles. The minimum atomic E-state index is -0.192. The molecule has 0 radical (unpaired) electrons. The van der Waals surface area contributed by atoms with Gasteiger partial charge in [-0.1, -0.05) is 117 Å². The van der Waals surface area contributed by atoms with E-state index in [2.05, 4.69) is 200 Å². The summed E-state index contributed by atoms with van der Waals surface area (Å²) in [6.45, 7) is 4.81. The summed E-state index contributed by atoms with van der Waals surface area (Å²) in [5.74, 6) is 2.99. The molecule has 7 aromatic rings. The molecule has 2 nitrogen and oxygen atoms in total. The van der Waals surface area contributed by atoms with E-state index in [0.717, 1.165) is 29.1 Å². The first-order valence-electron chi connectivity index (χ1n) is 21.2. The lowest BCUT2D eigenvalue weighted by atomic mass is 9.29. The molecule has 4 fully saturated rings. The minimum Gasteiger partial charge on any atom is -0.310 e. The Morgan fingerprint density at radius 2 is 0.842 bits per heavy atom. The van der Waals surface area contributed by atoms with Gasteiger partial charge in [0.25, 0.3) is 0 Å². The Morgan fingerprint density at radius 3 is 1.33 bits per heavy atom. The van der Waals surface area contributed by atoms with Gasteiger partial charge in [0.1, 0.15) is 0 Å². The Balaban J connectivity index is 0.934. The molecular formula is C55H48N2. The van der Waals surface area contributed by atoms with E-state index in [-0.39, 0.29) is 5.41 Å². The molecular weight excluding hydrogens is 689 g/mol. The van der Waals surface area contributed by atoms with Crippen molar-refractivity contribution in [2.45, 2.75) is 56.8 Å². The van der Waals surface area contributed by atoms with E-state index in [9.17, 15) is 0 Å². The normalized spacial score (nSPS) is 25.1. The average molecular weight is 737 g/mol. The molecule has 12 rings (SSSR count). The van der Waals surface area contributed by atoms with Crippen LogP contribution in [0.3, 0.4) is 0 Å². The smallest absolute Gasteiger partial charge is 0.0465 e. The van der Waals surface area contributed by atoms with Gasteiger partial charge in [0, 0.05) is 45.0 Å². The summed E-state index contributed by atoms with van der Waals surface area (Å²) in [6, 6.07) is 65.5. The Hall–Kier alpha value is -5.86. The van der Waals surface area contributed by atoms with Crippen molar-refractivity contribution in [3.05, 3.63) is 193 Å². The molecule has 0 aliphatic heterocycles. The Kier molecular flexibility index (Phi) is 7.05. The highest BCUT2D eigenvalue weighted by Gasteiger charge is 2.81. The molecule has 2 unspecified atom stereocenters. The maximum absolute atomic E-state index is 2.51. The first-order chi connectivity index (χ1) is 27.9. The van der Waals surface area contributed by atoms with Crippen molar-refractivity contribution in [1.82, 2.24) is 0 Å². The Labute approximate surface area is 337 Å². The number of para-hydroxylation sites is 2. The second kappa shape index (κ2) is 12.1. The third-order valence-electron chi connectivity index (χ3n) is 15.5. The van der Waals surface area contributed by atoms with Gasteiger partial charge in [-0.15, -0.1) is 0 Å². The number of hydrogen-bond acceptors (Lipinski definition) is 2. The maximum Gasteiger partial charge on any atom is 0.0465 e. The molecule has 2 atom stereocenters. The van der Waals surface area contributed by atoms with E-state index in [4.69, 9.17) is 0 Å². The highest BCUT2D eigenvalue weighted by molar-refractivity contribution is 5.88. The number of anilines is 6. The first-order valence-corrected chi connectivity index (χ1v) is 21.2. The van der Waals surface area contributed by atoms with Crippen molar-refractivity contribution < 1.29 is 0 Å². The van der Waals surface area contributed by atoms with Crippen LogP contribution >= 0.6 is 0 Å². The zero-order chi connectivity index (χ0) is 37.9. The van der Waals surface area contributed by atoms with Gasteiger partial charge in [-0.3, -0.25) is 0 Å². The number of fused-ring (bicyclic) bond motifs is 4. The van der Waals surface area contributed by atoms with Crippen LogP contribution < -0.4 is 9.80 Å². The molecule has 4 saturated carbocycles. The van der Waals surface area contributed by atoms with Crippen LogP contribution in [0.4, 0.5) is 34.1 Å². The van der Waals surface area contributed by atoms with Gasteiger partial charge < -0.3 is 9.80 Å². The summed E-state index contributed by atoms with van der Waals surface area (Å²) >= 11 is 0. The van der Waals surface area contributed by atoms with Crippen LogP contribution in [-0.4, -0.2) is 0 Å². The average Bonchev–Trinajstić information content (AvgIpc) is 3.86. The second-order valence-electron chi connectivity index (χ2n) is 18.4. The quantitative estimate of drug-likeness (QED) is 0.153. The standard InChI is InChI=1S/C55H48N2/c1-53(2)51-32-47(56(43-14-8-4-9-15-43)44-16-10-5-11-17-44)26-28-49(51)50-29-27-48(33-52(50)53)57(45-22-18-39(19-23-45)38-12-6-3-7-13-38)46-24-20-40(21-25-46)54-35-41-30-37-31-42(36-54)55(41,54)34-37/h3-29,32-33,37,41-42H,30-31,34-36H2,1-2H3. The summed E-state index contributed by atoms with van der Waals surface area (Å²) in [5, 5.41) is 0. The monoisotopic (exact) mass is 736 g/mol. The van der Waals surface area contributed by atoms with Crippen molar-refractivity contribution >= 4 is 34.1 Å². The van der Waals surface area contributed by atoms with E-state index in [0.29, 0.717) is 10.8 Å². The largest absolute Gasteiger partial charge is 0.310 e. The van der Waals surface area contributed by atoms with Crippen molar-refractivity contribution in [2.24, 2.45) is 23.2 Å². The molecule has 1 spiro atoms. The summed E-state index contributed by atoms with van der Waals surface area (Å²) in [7, 11) is 0. The lowest BCUT2D eigenvalue weighted by molar-refractivity contribution is -0.205. The van der Waals surface area contributed by atoms with E-state index in [1.807, 2.05) is 0 Å². The van der Waals surface area contributed by atoms with Crippen LogP contribution in [0.25, 0.3) is 22.3 Å². The van der Waals surface area contributed by atoms with Gasteiger partial charge in [-0.05, 0) is 167 Å². The van der Waals surface area contributed by atoms with Crippen LogP contribution in [0.2, 0.25) is 0 Å². The van der Waals surface area contributed by atoms with E-state index < -0.39 is 0 Å². The fraction of sp³-hybridized carbons (Fsp3) is 0.236. The Bertz CT molecular complexity index is 2590. The summed E-state index contributed by atoms with van der Waals surface area (Å²) in [5.41, 5.74) is 17.4. The molecule has 0 aromatic heterocycles. The van der Waals surface area contributed by atoms with Gasteiger partial charge in [-0.25, -0.2) is 0 Å². The number of nitrogens with zero attached hydrogens (tertiary/aromatic N) is 2. The van der Waals surface area contributed by atoms with Crippen LogP contribution in [0.15, 0.2) is 176 Å². The fourth-order valence-electron chi connectivity index (χ4n) is 13.1. The topological polar surface area (TPSA) is 6.48 Å². The molecule has 57 heavy (non-hydrogen) atoms. The fourth-order valence-corrected chi connectivity index (χ4v) is 13.1. The molecule has 0 amide bonds. The summed E-state index contributed by atoms with van der Waals surface area (Å²) in [6.07, 6.45) is 7.33. The number of hydrogen-bond donors (Lipinski definition) is 0. The number of benzene rings is 7. The van der Waals surface area contributed by atoms with Crippen LogP contribution in [-0.2, 0) is 10.8 Å². The SMILES string of the molecule is CC1(C)c2cc(N(c3ccccc3)c3ccccc3)ccc2-c2ccc(N(c3ccc(-c4ccccc4)cc3)c3ccc(C45CC6CC7CC(C4)C65C7)cc3)cc21. The molecule has 0 heterocycles. The molecule has 5 aliphatic rings. The number of rotatable bonds is 8. The minimum absolute atomic E-state index is 0.192. The molecule has 2 heteroatoms. The van der Waals surface area contributed by atoms with Crippen LogP contribution in [0, 0.1) is 23.2 Å². The van der Waals surface area contributed by atoms with Crippen LogP contribution in [0.5, 0.6) is 0 Å². The second-order valence-corrected chi connectivity index (χ2v) is 18.4. The third-order valence-corrected chi connectivity index (χ3v) is 15.5. The molecule has 0 N–H and O–H groups in total.